The van der Waals surface area contributed by atoms with Crippen molar-refractivity contribution in [2.75, 3.05) is 6.61 Å². The van der Waals surface area contributed by atoms with Gasteiger partial charge >= 0.3 is 0 Å². The molecule has 0 atom stereocenters. The molecule has 110 valence electrons. The average Bonchev–Trinajstić information content (AvgIpc) is 3.31. The Hall–Kier alpha value is -1.51. The molecule has 2 aromatic carbocycles. The minimum Gasteiger partial charge on any atom is -0.494 e. The van der Waals surface area contributed by atoms with Crippen LogP contribution in [0.3, 0.4) is 0 Å². The van der Waals surface area contributed by atoms with E-state index in [1.54, 1.807) is 0 Å². The lowest BCUT2D eigenvalue weighted by molar-refractivity contribution is 0.340. The monoisotopic (exact) mass is 301 g/mol. The number of hydrogen-bond acceptors (Lipinski definition) is 2. The summed E-state index contributed by atoms with van der Waals surface area (Å²) in [5.74, 6) is 0.894. The lowest BCUT2D eigenvalue weighted by atomic mass is 10.0. The molecule has 0 saturated heterocycles. The van der Waals surface area contributed by atoms with E-state index in [0.717, 1.165) is 34.0 Å². The van der Waals surface area contributed by atoms with Gasteiger partial charge < -0.3 is 10.1 Å². The lowest BCUT2D eigenvalue weighted by Gasteiger charge is -2.10. The normalized spacial score (nSPS) is 14.2. The van der Waals surface area contributed by atoms with Crippen LogP contribution in [0.4, 0.5) is 0 Å². The van der Waals surface area contributed by atoms with E-state index < -0.39 is 0 Å². The van der Waals surface area contributed by atoms with E-state index in [4.69, 9.17) is 16.3 Å². The molecule has 3 heteroatoms. The molecule has 0 aliphatic heterocycles. The van der Waals surface area contributed by atoms with Crippen LogP contribution in [-0.2, 0) is 6.54 Å². The van der Waals surface area contributed by atoms with E-state index in [2.05, 4.69) is 29.6 Å². The molecule has 3 rings (SSSR count). The van der Waals surface area contributed by atoms with Crippen molar-refractivity contribution in [3.05, 3.63) is 53.1 Å². The number of hydrogen-bond donors (Lipinski definition) is 1. The number of benzene rings is 2. The van der Waals surface area contributed by atoms with E-state index in [1.165, 1.54) is 12.8 Å². The Labute approximate surface area is 131 Å². The molecule has 2 aromatic rings. The molecule has 0 unspecified atom stereocenters. The van der Waals surface area contributed by atoms with Gasteiger partial charge in [-0.2, -0.15) is 0 Å². The molecule has 0 amide bonds. The van der Waals surface area contributed by atoms with Gasteiger partial charge in [-0.3, -0.25) is 0 Å². The van der Waals surface area contributed by atoms with Gasteiger partial charge in [0.2, 0.25) is 0 Å². The van der Waals surface area contributed by atoms with Crippen LogP contribution in [0.1, 0.15) is 25.3 Å². The van der Waals surface area contributed by atoms with Gasteiger partial charge in [0.05, 0.1) is 6.61 Å². The third-order valence-corrected chi connectivity index (χ3v) is 4.04. The SMILES string of the molecule is CCOc1cccc(-c2ccc(CNC3CC3)c(Cl)c2)c1. The van der Waals surface area contributed by atoms with E-state index in [9.17, 15) is 0 Å². The highest BCUT2D eigenvalue weighted by Crippen LogP contribution is 2.29. The summed E-state index contributed by atoms with van der Waals surface area (Å²) in [6, 6.07) is 15.1. The molecular weight excluding hydrogens is 282 g/mol. The fraction of sp³-hybridized carbons (Fsp3) is 0.333. The van der Waals surface area contributed by atoms with E-state index in [-0.39, 0.29) is 0 Å². The Morgan fingerprint density at radius 2 is 1.95 bits per heavy atom. The van der Waals surface area contributed by atoms with Crippen molar-refractivity contribution in [3.63, 3.8) is 0 Å². The summed E-state index contributed by atoms with van der Waals surface area (Å²) in [6.07, 6.45) is 2.58. The second kappa shape index (κ2) is 6.50. The number of nitrogens with one attached hydrogen (secondary N) is 1. The fourth-order valence-corrected chi connectivity index (χ4v) is 2.59. The maximum Gasteiger partial charge on any atom is 0.119 e. The van der Waals surface area contributed by atoms with Crippen molar-refractivity contribution in [1.29, 1.82) is 0 Å². The zero-order valence-corrected chi connectivity index (χ0v) is 13.0. The van der Waals surface area contributed by atoms with Crippen LogP contribution in [0.25, 0.3) is 11.1 Å². The third kappa shape index (κ3) is 3.78. The summed E-state index contributed by atoms with van der Waals surface area (Å²) in [7, 11) is 0. The second-order valence-electron chi connectivity index (χ2n) is 5.42. The highest BCUT2D eigenvalue weighted by Gasteiger charge is 2.20. The molecular formula is C18H20ClNO. The van der Waals surface area contributed by atoms with Crippen molar-refractivity contribution in [2.24, 2.45) is 0 Å². The Morgan fingerprint density at radius 3 is 2.67 bits per heavy atom. The van der Waals surface area contributed by atoms with Gasteiger partial charge in [-0.15, -0.1) is 0 Å². The van der Waals surface area contributed by atoms with Gasteiger partial charge in [0, 0.05) is 17.6 Å². The van der Waals surface area contributed by atoms with Gasteiger partial charge in [0.1, 0.15) is 5.75 Å². The van der Waals surface area contributed by atoms with Crippen LogP contribution < -0.4 is 10.1 Å². The Morgan fingerprint density at radius 1 is 1.14 bits per heavy atom. The molecule has 1 saturated carbocycles. The molecule has 0 radical (unpaired) electrons. The standard InChI is InChI=1S/C18H20ClNO/c1-2-21-17-5-3-4-13(10-17)14-6-7-15(18(19)11-14)12-20-16-8-9-16/h3-7,10-11,16,20H,2,8-9,12H2,1H3. The predicted octanol–water partition coefficient (Wildman–Crippen LogP) is 4.66. The molecule has 0 aromatic heterocycles. The summed E-state index contributed by atoms with van der Waals surface area (Å²) < 4.78 is 5.55. The van der Waals surface area contributed by atoms with Crippen molar-refractivity contribution in [1.82, 2.24) is 5.32 Å². The Bertz CT molecular complexity index is 622. The fourth-order valence-electron chi connectivity index (χ4n) is 2.34. The minimum absolute atomic E-state index is 0.677. The maximum atomic E-state index is 6.41. The molecule has 1 fully saturated rings. The molecule has 0 spiro atoms. The van der Waals surface area contributed by atoms with Gasteiger partial charge in [0.25, 0.3) is 0 Å². The van der Waals surface area contributed by atoms with Crippen molar-refractivity contribution < 1.29 is 4.74 Å². The van der Waals surface area contributed by atoms with Crippen LogP contribution in [0, 0.1) is 0 Å². The molecule has 1 aliphatic carbocycles. The van der Waals surface area contributed by atoms with Gasteiger partial charge in [-0.25, -0.2) is 0 Å². The Kier molecular flexibility index (Phi) is 4.47. The van der Waals surface area contributed by atoms with Crippen molar-refractivity contribution in [2.45, 2.75) is 32.4 Å². The number of rotatable bonds is 6. The van der Waals surface area contributed by atoms with Crippen LogP contribution >= 0.6 is 11.6 Å². The Balaban J connectivity index is 1.78. The summed E-state index contributed by atoms with van der Waals surface area (Å²) in [5, 5.41) is 4.32. The van der Waals surface area contributed by atoms with Gasteiger partial charge in [0.15, 0.2) is 0 Å². The van der Waals surface area contributed by atoms with Crippen LogP contribution in [0.2, 0.25) is 5.02 Å². The van der Waals surface area contributed by atoms with Crippen LogP contribution in [-0.4, -0.2) is 12.6 Å². The molecule has 0 bridgehead atoms. The number of ether oxygens (including phenoxy) is 1. The first-order chi connectivity index (χ1) is 10.3. The first-order valence-electron chi connectivity index (χ1n) is 7.51. The van der Waals surface area contributed by atoms with E-state index >= 15 is 0 Å². The zero-order valence-electron chi connectivity index (χ0n) is 12.2. The van der Waals surface area contributed by atoms with E-state index in [0.29, 0.717) is 12.6 Å². The van der Waals surface area contributed by atoms with Gasteiger partial charge in [-0.1, -0.05) is 35.9 Å². The molecule has 1 N–H and O–H groups in total. The topological polar surface area (TPSA) is 21.3 Å². The summed E-state index contributed by atoms with van der Waals surface area (Å²) in [6.45, 7) is 3.52. The first-order valence-corrected chi connectivity index (χ1v) is 7.89. The smallest absolute Gasteiger partial charge is 0.119 e. The highest BCUT2D eigenvalue weighted by molar-refractivity contribution is 6.31. The van der Waals surface area contributed by atoms with Crippen molar-refractivity contribution in [3.8, 4) is 16.9 Å². The van der Waals surface area contributed by atoms with Crippen LogP contribution in [0.5, 0.6) is 5.75 Å². The molecule has 1 aliphatic rings. The maximum absolute atomic E-state index is 6.41. The van der Waals surface area contributed by atoms with Crippen LogP contribution in [0.15, 0.2) is 42.5 Å². The summed E-state index contributed by atoms with van der Waals surface area (Å²) >= 11 is 6.41. The van der Waals surface area contributed by atoms with E-state index in [1.807, 2.05) is 25.1 Å². The zero-order chi connectivity index (χ0) is 14.7. The predicted molar refractivity (Wildman–Crippen MR) is 87.9 cm³/mol. The quantitative estimate of drug-likeness (QED) is 0.838. The van der Waals surface area contributed by atoms with Crippen molar-refractivity contribution >= 4 is 11.6 Å². The highest BCUT2D eigenvalue weighted by atomic mass is 35.5. The minimum atomic E-state index is 0.677. The second-order valence-corrected chi connectivity index (χ2v) is 5.83. The molecule has 2 nitrogen and oxygen atoms in total. The summed E-state index contributed by atoms with van der Waals surface area (Å²) in [5.41, 5.74) is 3.41. The average molecular weight is 302 g/mol. The summed E-state index contributed by atoms with van der Waals surface area (Å²) in [4.78, 5) is 0. The largest absolute Gasteiger partial charge is 0.494 e. The number of halogens is 1. The molecule has 21 heavy (non-hydrogen) atoms. The molecule has 0 heterocycles. The lowest BCUT2D eigenvalue weighted by Crippen LogP contribution is -2.15. The third-order valence-electron chi connectivity index (χ3n) is 3.69. The van der Waals surface area contributed by atoms with Gasteiger partial charge in [-0.05, 0) is 54.7 Å². The first kappa shape index (κ1) is 14.4.